The van der Waals surface area contributed by atoms with E-state index in [0.717, 1.165) is 0 Å². The van der Waals surface area contributed by atoms with Gasteiger partial charge in [-0.2, -0.15) is 0 Å². The molecule has 2 radical (unpaired) electrons. The Balaban J connectivity index is 1.99. The second-order valence-electron chi connectivity index (χ2n) is 3.83. The van der Waals surface area contributed by atoms with Crippen LogP contribution in [0.2, 0.25) is 0 Å². The van der Waals surface area contributed by atoms with Gasteiger partial charge in [0.2, 0.25) is 0 Å². The first-order valence-electron chi connectivity index (χ1n) is 5.80. The molecule has 0 aliphatic carbocycles. The molecule has 0 saturated heterocycles. The quantitative estimate of drug-likeness (QED) is 0.563. The van der Waals surface area contributed by atoms with Crippen LogP contribution in [-0.4, -0.2) is 0 Å². The van der Waals surface area contributed by atoms with E-state index >= 15 is 0 Å². The third-order valence-corrected chi connectivity index (χ3v) is 2.51. The average Bonchev–Trinajstić information content (AvgIpc) is 2.25. The molecule has 1 rings (SSSR count). The molecule has 0 spiro atoms. The van der Waals surface area contributed by atoms with Crippen molar-refractivity contribution in [2.45, 2.75) is 51.9 Å². The normalized spacial score (nSPS) is 10.4. The summed E-state index contributed by atoms with van der Waals surface area (Å²) in [6.45, 7) is 2.26. The molecular formula is C14H20. The first-order chi connectivity index (χ1) is 6.93. The van der Waals surface area contributed by atoms with Gasteiger partial charge in [0.25, 0.3) is 0 Å². The number of aryl methyl sites for hydroxylation is 1. The standard InChI is InChI=1S/C14H20/c1-2-3-4-5-6-8-11-14-12-9-7-10-13-14/h7,9,13H,2-6,8,11H2,1H3. The summed E-state index contributed by atoms with van der Waals surface area (Å²) in [7, 11) is 0. The highest BCUT2D eigenvalue weighted by atomic mass is 14.0. The summed E-state index contributed by atoms with van der Waals surface area (Å²) in [5.74, 6) is 0. The Morgan fingerprint density at radius 1 is 1.00 bits per heavy atom. The fraction of sp³-hybridized carbons (Fsp3) is 0.571. The molecule has 0 amide bonds. The largest absolute Gasteiger partial charge is 0.0654 e. The Kier molecular flexibility index (Phi) is 6.14. The van der Waals surface area contributed by atoms with Crippen LogP contribution in [0.4, 0.5) is 0 Å². The van der Waals surface area contributed by atoms with Crippen molar-refractivity contribution in [1.82, 2.24) is 0 Å². The highest BCUT2D eigenvalue weighted by Crippen LogP contribution is 2.08. The van der Waals surface area contributed by atoms with E-state index in [1.54, 1.807) is 0 Å². The summed E-state index contributed by atoms with van der Waals surface area (Å²) in [5, 5.41) is 0. The molecule has 0 bridgehead atoms. The molecule has 0 saturated carbocycles. The van der Waals surface area contributed by atoms with Crippen LogP contribution in [0.1, 0.15) is 51.0 Å². The van der Waals surface area contributed by atoms with Crippen molar-refractivity contribution in [1.29, 1.82) is 0 Å². The van der Waals surface area contributed by atoms with Crippen LogP contribution in [0.3, 0.4) is 0 Å². The molecule has 0 fully saturated rings. The zero-order chi connectivity index (χ0) is 10.1. The van der Waals surface area contributed by atoms with Crippen LogP contribution < -0.4 is 0 Å². The van der Waals surface area contributed by atoms with Crippen molar-refractivity contribution >= 4 is 0 Å². The Bertz CT molecular complexity index is 213. The molecule has 14 heavy (non-hydrogen) atoms. The van der Waals surface area contributed by atoms with Gasteiger partial charge >= 0.3 is 0 Å². The van der Waals surface area contributed by atoms with E-state index in [4.69, 9.17) is 0 Å². The van der Waals surface area contributed by atoms with E-state index in [1.807, 2.05) is 18.2 Å². The second-order valence-corrected chi connectivity index (χ2v) is 3.83. The van der Waals surface area contributed by atoms with Crippen LogP contribution in [0.5, 0.6) is 0 Å². The molecule has 0 atom stereocenters. The SMILES string of the molecule is CCCCCCCCc1[c]cc[c]c1. The molecule has 0 aromatic heterocycles. The highest BCUT2D eigenvalue weighted by molar-refractivity contribution is 5.11. The zero-order valence-electron chi connectivity index (χ0n) is 9.18. The molecule has 1 aromatic carbocycles. The van der Waals surface area contributed by atoms with Crippen molar-refractivity contribution in [3.05, 3.63) is 35.9 Å². The van der Waals surface area contributed by atoms with Gasteiger partial charge in [-0.25, -0.2) is 0 Å². The summed E-state index contributed by atoms with van der Waals surface area (Å²) < 4.78 is 0. The van der Waals surface area contributed by atoms with Crippen LogP contribution >= 0.6 is 0 Å². The maximum atomic E-state index is 3.24. The molecule has 0 unspecified atom stereocenters. The molecule has 1 aromatic rings. The molecule has 0 nitrogen and oxygen atoms in total. The Labute approximate surface area is 88.4 Å². The van der Waals surface area contributed by atoms with Crippen molar-refractivity contribution in [2.75, 3.05) is 0 Å². The Morgan fingerprint density at radius 2 is 1.79 bits per heavy atom. The molecule has 0 aliphatic rings. The second kappa shape index (κ2) is 7.61. The van der Waals surface area contributed by atoms with Gasteiger partial charge in [0, 0.05) is 0 Å². The highest BCUT2D eigenvalue weighted by Gasteiger charge is 1.92. The third kappa shape index (κ3) is 5.06. The van der Waals surface area contributed by atoms with Crippen molar-refractivity contribution in [2.24, 2.45) is 0 Å². The minimum atomic E-state index is 1.17. The maximum absolute atomic E-state index is 3.24. The Hall–Kier alpha value is -0.780. The first kappa shape index (κ1) is 11.3. The number of hydrogen-bond donors (Lipinski definition) is 0. The van der Waals surface area contributed by atoms with Gasteiger partial charge in [-0.3, -0.25) is 0 Å². The van der Waals surface area contributed by atoms with Gasteiger partial charge in [0.15, 0.2) is 0 Å². The molecule has 0 heteroatoms. The number of hydrogen-bond acceptors (Lipinski definition) is 0. The summed E-state index contributed by atoms with van der Waals surface area (Å²) in [6.07, 6.45) is 9.36. The van der Waals surface area contributed by atoms with Gasteiger partial charge in [-0.05, 0) is 30.5 Å². The molecular weight excluding hydrogens is 168 g/mol. The van der Waals surface area contributed by atoms with E-state index in [0.29, 0.717) is 0 Å². The van der Waals surface area contributed by atoms with Gasteiger partial charge in [0.1, 0.15) is 0 Å². The predicted octanol–water partition coefficient (Wildman–Crippen LogP) is 4.19. The van der Waals surface area contributed by atoms with E-state index < -0.39 is 0 Å². The van der Waals surface area contributed by atoms with Crippen molar-refractivity contribution in [3.63, 3.8) is 0 Å². The van der Waals surface area contributed by atoms with Gasteiger partial charge < -0.3 is 0 Å². The molecule has 0 aliphatic heterocycles. The van der Waals surface area contributed by atoms with Crippen LogP contribution in [0.15, 0.2) is 18.2 Å². The lowest BCUT2D eigenvalue weighted by Crippen LogP contribution is -1.85. The van der Waals surface area contributed by atoms with E-state index in [9.17, 15) is 0 Å². The summed E-state index contributed by atoms with van der Waals surface area (Å²) in [6, 6.07) is 12.2. The lowest BCUT2D eigenvalue weighted by Gasteiger charge is -2.00. The van der Waals surface area contributed by atoms with Gasteiger partial charge in [0.05, 0.1) is 0 Å². The van der Waals surface area contributed by atoms with Gasteiger partial charge in [-0.15, -0.1) is 0 Å². The van der Waals surface area contributed by atoms with Gasteiger partial charge in [-0.1, -0.05) is 57.2 Å². The van der Waals surface area contributed by atoms with E-state index in [1.165, 1.54) is 50.5 Å². The maximum Gasteiger partial charge on any atom is -0.0149 e. The fourth-order valence-corrected chi connectivity index (χ4v) is 1.63. The lowest BCUT2D eigenvalue weighted by molar-refractivity contribution is 0.607. The lowest BCUT2D eigenvalue weighted by atomic mass is 10.1. The summed E-state index contributed by atoms with van der Waals surface area (Å²) >= 11 is 0. The summed E-state index contributed by atoms with van der Waals surface area (Å²) in [5.41, 5.74) is 1.31. The van der Waals surface area contributed by atoms with E-state index in [2.05, 4.69) is 19.1 Å². The number of unbranched alkanes of at least 4 members (excludes halogenated alkanes) is 5. The van der Waals surface area contributed by atoms with Crippen LogP contribution in [0, 0.1) is 12.1 Å². The first-order valence-corrected chi connectivity index (χ1v) is 5.80. The number of rotatable bonds is 7. The van der Waals surface area contributed by atoms with E-state index in [-0.39, 0.29) is 0 Å². The monoisotopic (exact) mass is 188 g/mol. The minimum Gasteiger partial charge on any atom is -0.0654 e. The van der Waals surface area contributed by atoms with Crippen molar-refractivity contribution < 1.29 is 0 Å². The molecule has 0 heterocycles. The molecule has 76 valence electrons. The molecule has 0 N–H and O–H groups in total. The Morgan fingerprint density at radius 3 is 2.50 bits per heavy atom. The fourth-order valence-electron chi connectivity index (χ4n) is 1.63. The topological polar surface area (TPSA) is 0 Å². The smallest absolute Gasteiger partial charge is 0.0149 e. The van der Waals surface area contributed by atoms with Crippen molar-refractivity contribution in [3.8, 4) is 0 Å². The van der Waals surface area contributed by atoms with Crippen LogP contribution in [-0.2, 0) is 6.42 Å². The number of benzene rings is 1. The summed E-state index contributed by atoms with van der Waals surface area (Å²) in [4.78, 5) is 0. The predicted molar refractivity (Wildman–Crippen MR) is 61.2 cm³/mol. The average molecular weight is 188 g/mol. The third-order valence-electron chi connectivity index (χ3n) is 2.51. The zero-order valence-corrected chi connectivity index (χ0v) is 9.18. The van der Waals surface area contributed by atoms with Crippen LogP contribution in [0.25, 0.3) is 0 Å². The minimum absolute atomic E-state index is 1.17.